The third kappa shape index (κ3) is 2.66. The Kier molecular flexibility index (Phi) is 3.67. The van der Waals surface area contributed by atoms with Crippen LogP contribution in [0.15, 0.2) is 22.8 Å². The maximum atomic E-state index is 12.4. The molecule has 0 N–H and O–H groups in total. The number of benzene rings is 1. The molecule has 0 aliphatic heterocycles. The number of hydrogen-bond acceptors (Lipinski definition) is 4. The van der Waals surface area contributed by atoms with Gasteiger partial charge in [0.1, 0.15) is 11.0 Å². The lowest BCUT2D eigenvalue weighted by Gasteiger charge is -2.27. The van der Waals surface area contributed by atoms with Crippen molar-refractivity contribution in [2.75, 3.05) is 13.6 Å². The quantitative estimate of drug-likeness (QED) is 0.862. The van der Waals surface area contributed by atoms with Gasteiger partial charge in [-0.25, -0.2) is 4.63 Å². The third-order valence-corrected chi connectivity index (χ3v) is 4.10. The van der Waals surface area contributed by atoms with Gasteiger partial charge in [-0.1, -0.05) is 19.3 Å². The zero-order valence-corrected chi connectivity index (χ0v) is 11.7. The van der Waals surface area contributed by atoms with Crippen molar-refractivity contribution in [1.29, 1.82) is 0 Å². The zero-order chi connectivity index (χ0) is 13.9. The molecule has 1 fully saturated rings. The minimum atomic E-state index is 0.0421. The fourth-order valence-electron chi connectivity index (χ4n) is 2.98. The van der Waals surface area contributed by atoms with Gasteiger partial charge >= 0.3 is 0 Å². The van der Waals surface area contributed by atoms with Crippen LogP contribution in [-0.2, 0) is 0 Å². The topological polar surface area (TPSA) is 59.2 Å². The van der Waals surface area contributed by atoms with Gasteiger partial charge in [0.25, 0.3) is 5.91 Å². The average Bonchev–Trinajstić information content (AvgIpc) is 2.94. The molecule has 1 saturated carbocycles. The third-order valence-electron chi connectivity index (χ3n) is 4.10. The first kappa shape index (κ1) is 13.1. The fourth-order valence-corrected chi connectivity index (χ4v) is 2.98. The second kappa shape index (κ2) is 5.61. The molecule has 5 heteroatoms. The molecule has 2 aromatic rings. The number of rotatable bonds is 3. The molecule has 0 bridgehead atoms. The fraction of sp³-hybridized carbons (Fsp3) is 0.533. The summed E-state index contributed by atoms with van der Waals surface area (Å²) < 4.78 is 4.66. The summed E-state index contributed by atoms with van der Waals surface area (Å²) in [5, 5.41) is 7.53. The Balaban J connectivity index is 1.70. The molecule has 0 atom stereocenters. The smallest absolute Gasteiger partial charge is 0.253 e. The maximum absolute atomic E-state index is 12.4. The molecule has 1 aromatic carbocycles. The second-order valence-corrected chi connectivity index (χ2v) is 5.66. The Morgan fingerprint density at radius 2 is 2.00 bits per heavy atom. The van der Waals surface area contributed by atoms with Crippen LogP contribution in [0.25, 0.3) is 11.0 Å². The number of amides is 1. The molecule has 1 amide bonds. The van der Waals surface area contributed by atoms with Gasteiger partial charge in [0.05, 0.1) is 0 Å². The van der Waals surface area contributed by atoms with E-state index in [1.165, 1.54) is 32.1 Å². The van der Waals surface area contributed by atoms with Gasteiger partial charge in [0.2, 0.25) is 0 Å². The Hall–Kier alpha value is -1.91. The van der Waals surface area contributed by atoms with Crippen molar-refractivity contribution in [3.63, 3.8) is 0 Å². The monoisotopic (exact) mass is 273 g/mol. The average molecular weight is 273 g/mol. The molecule has 20 heavy (non-hydrogen) atoms. The molecule has 0 radical (unpaired) electrons. The van der Waals surface area contributed by atoms with Crippen molar-refractivity contribution in [3.8, 4) is 0 Å². The van der Waals surface area contributed by atoms with E-state index >= 15 is 0 Å². The van der Waals surface area contributed by atoms with Crippen LogP contribution in [0.3, 0.4) is 0 Å². The van der Waals surface area contributed by atoms with Crippen molar-refractivity contribution in [2.24, 2.45) is 5.92 Å². The van der Waals surface area contributed by atoms with Crippen LogP contribution < -0.4 is 0 Å². The number of carbonyl (C=O) groups is 1. The van der Waals surface area contributed by atoms with E-state index in [9.17, 15) is 4.79 Å². The SMILES string of the molecule is CN(CC1CCCCC1)C(=O)c1ccc2nonc2c1. The maximum Gasteiger partial charge on any atom is 0.253 e. The minimum absolute atomic E-state index is 0.0421. The van der Waals surface area contributed by atoms with E-state index in [-0.39, 0.29) is 5.91 Å². The Bertz CT molecular complexity index is 602. The summed E-state index contributed by atoms with van der Waals surface area (Å²) in [4.78, 5) is 14.3. The van der Waals surface area contributed by atoms with Gasteiger partial charge in [-0.05, 0) is 47.3 Å². The van der Waals surface area contributed by atoms with Gasteiger partial charge in [-0.2, -0.15) is 0 Å². The number of nitrogens with zero attached hydrogens (tertiary/aromatic N) is 3. The van der Waals surface area contributed by atoms with Gasteiger partial charge < -0.3 is 4.90 Å². The number of aromatic nitrogens is 2. The molecule has 3 rings (SSSR count). The summed E-state index contributed by atoms with van der Waals surface area (Å²) in [6.07, 6.45) is 6.41. The largest absolute Gasteiger partial charge is 0.341 e. The predicted molar refractivity (Wildman–Crippen MR) is 75.3 cm³/mol. The highest BCUT2D eigenvalue weighted by molar-refractivity contribution is 5.97. The highest BCUT2D eigenvalue weighted by Gasteiger charge is 2.19. The van der Waals surface area contributed by atoms with E-state index in [4.69, 9.17) is 0 Å². The van der Waals surface area contributed by atoms with Gasteiger partial charge in [0, 0.05) is 19.2 Å². The van der Waals surface area contributed by atoms with E-state index in [2.05, 4.69) is 14.9 Å². The molecule has 106 valence electrons. The highest BCUT2D eigenvalue weighted by atomic mass is 16.6. The molecule has 1 aliphatic carbocycles. The molecule has 1 aromatic heterocycles. The second-order valence-electron chi connectivity index (χ2n) is 5.66. The van der Waals surface area contributed by atoms with Crippen molar-refractivity contribution < 1.29 is 9.42 Å². The first-order valence-corrected chi connectivity index (χ1v) is 7.22. The van der Waals surface area contributed by atoms with E-state index < -0.39 is 0 Å². The summed E-state index contributed by atoms with van der Waals surface area (Å²) in [6.45, 7) is 0.841. The van der Waals surface area contributed by atoms with Crippen LogP contribution in [0.4, 0.5) is 0 Å². The van der Waals surface area contributed by atoms with Crippen LogP contribution in [-0.4, -0.2) is 34.7 Å². The van der Waals surface area contributed by atoms with Gasteiger partial charge in [-0.3, -0.25) is 4.79 Å². The molecule has 1 aliphatic rings. The zero-order valence-electron chi connectivity index (χ0n) is 11.7. The van der Waals surface area contributed by atoms with E-state index in [0.29, 0.717) is 22.5 Å². The van der Waals surface area contributed by atoms with Crippen molar-refractivity contribution in [2.45, 2.75) is 32.1 Å². The molecular weight excluding hydrogens is 254 g/mol. The molecule has 1 heterocycles. The van der Waals surface area contributed by atoms with Crippen LogP contribution in [0.5, 0.6) is 0 Å². The summed E-state index contributed by atoms with van der Waals surface area (Å²) in [5.74, 6) is 0.690. The minimum Gasteiger partial charge on any atom is -0.341 e. The van der Waals surface area contributed by atoms with Crippen LogP contribution in [0.2, 0.25) is 0 Å². The Morgan fingerprint density at radius 1 is 1.25 bits per heavy atom. The van der Waals surface area contributed by atoms with E-state index in [0.717, 1.165) is 6.54 Å². The lowest BCUT2D eigenvalue weighted by molar-refractivity contribution is 0.0760. The predicted octanol–water partition coefficient (Wildman–Crippen LogP) is 2.88. The molecular formula is C15H19N3O2. The lowest BCUT2D eigenvalue weighted by Crippen LogP contribution is -2.32. The molecule has 5 nitrogen and oxygen atoms in total. The van der Waals surface area contributed by atoms with Crippen molar-refractivity contribution in [1.82, 2.24) is 15.2 Å². The Labute approximate surface area is 117 Å². The molecule has 0 spiro atoms. The lowest BCUT2D eigenvalue weighted by atomic mass is 9.89. The Morgan fingerprint density at radius 3 is 2.80 bits per heavy atom. The first-order valence-electron chi connectivity index (χ1n) is 7.22. The number of fused-ring (bicyclic) bond motifs is 1. The van der Waals surface area contributed by atoms with E-state index in [1.54, 1.807) is 18.2 Å². The van der Waals surface area contributed by atoms with Crippen LogP contribution >= 0.6 is 0 Å². The number of hydrogen-bond donors (Lipinski definition) is 0. The molecule has 0 unspecified atom stereocenters. The summed E-state index contributed by atoms with van der Waals surface area (Å²) >= 11 is 0. The number of carbonyl (C=O) groups excluding carboxylic acids is 1. The van der Waals surface area contributed by atoms with Crippen LogP contribution in [0.1, 0.15) is 42.5 Å². The highest BCUT2D eigenvalue weighted by Crippen LogP contribution is 2.24. The van der Waals surface area contributed by atoms with Crippen molar-refractivity contribution in [3.05, 3.63) is 23.8 Å². The standard InChI is InChI=1S/C15H19N3O2/c1-18(10-11-5-3-2-4-6-11)15(19)12-7-8-13-14(9-12)17-20-16-13/h7-9,11H,2-6,10H2,1H3. The van der Waals surface area contributed by atoms with Crippen LogP contribution in [0, 0.1) is 5.92 Å². The molecule has 0 saturated heterocycles. The van der Waals surface area contributed by atoms with E-state index in [1.807, 2.05) is 11.9 Å². The summed E-state index contributed by atoms with van der Waals surface area (Å²) in [5.41, 5.74) is 1.95. The van der Waals surface area contributed by atoms with Gasteiger partial charge in [0.15, 0.2) is 0 Å². The normalized spacial score (nSPS) is 16.4. The summed E-state index contributed by atoms with van der Waals surface area (Å²) in [6, 6.07) is 5.30. The first-order chi connectivity index (χ1) is 9.74. The summed E-state index contributed by atoms with van der Waals surface area (Å²) in [7, 11) is 1.88. The van der Waals surface area contributed by atoms with Crippen molar-refractivity contribution >= 4 is 16.9 Å². The van der Waals surface area contributed by atoms with Gasteiger partial charge in [-0.15, -0.1) is 0 Å².